The minimum absolute atomic E-state index is 0.145. The minimum Gasteiger partial charge on any atom is -0.481 e. The van der Waals surface area contributed by atoms with Crippen LogP contribution in [0.25, 0.3) is 10.8 Å². The number of hydrogen-bond donors (Lipinski definition) is 1. The molecule has 3 rings (SSSR count). The summed E-state index contributed by atoms with van der Waals surface area (Å²) < 4.78 is 0. The third-order valence-electron chi connectivity index (χ3n) is 4.23. The maximum absolute atomic E-state index is 10.8. The predicted molar refractivity (Wildman–Crippen MR) is 91.7 cm³/mol. The Morgan fingerprint density at radius 3 is 2.57 bits per heavy atom. The van der Waals surface area contributed by atoms with Crippen molar-refractivity contribution >= 4 is 16.7 Å². The number of nitrogens with zero attached hydrogens (tertiary/aromatic N) is 1. The minimum atomic E-state index is -0.770. The zero-order valence-electron chi connectivity index (χ0n) is 13.1. The molecule has 0 radical (unpaired) electrons. The second kappa shape index (κ2) is 6.61. The zero-order chi connectivity index (χ0) is 16.2. The Morgan fingerprint density at radius 2 is 1.78 bits per heavy atom. The van der Waals surface area contributed by atoms with E-state index in [4.69, 9.17) is 5.11 Å². The summed E-state index contributed by atoms with van der Waals surface area (Å²) in [6.07, 6.45) is 5.03. The van der Waals surface area contributed by atoms with E-state index in [1.165, 1.54) is 21.9 Å². The summed E-state index contributed by atoms with van der Waals surface area (Å²) in [5, 5.41) is 11.4. The molecule has 0 atom stereocenters. The van der Waals surface area contributed by atoms with Gasteiger partial charge in [0.25, 0.3) is 0 Å². The molecule has 0 aliphatic carbocycles. The second-order valence-corrected chi connectivity index (χ2v) is 5.80. The van der Waals surface area contributed by atoms with Crippen LogP contribution in [-0.2, 0) is 17.6 Å². The Labute approximate surface area is 135 Å². The number of hydrogen-bond acceptors (Lipinski definition) is 2. The van der Waals surface area contributed by atoms with E-state index in [0.717, 1.165) is 17.5 Å². The van der Waals surface area contributed by atoms with Gasteiger partial charge in [-0.15, -0.1) is 0 Å². The first-order chi connectivity index (χ1) is 11.1. The van der Waals surface area contributed by atoms with Crippen molar-refractivity contribution < 1.29 is 9.90 Å². The highest BCUT2D eigenvalue weighted by Crippen LogP contribution is 2.25. The number of pyridine rings is 1. The van der Waals surface area contributed by atoms with E-state index >= 15 is 0 Å². The van der Waals surface area contributed by atoms with Crippen LogP contribution in [0.5, 0.6) is 0 Å². The smallest absolute Gasteiger partial charge is 0.303 e. The van der Waals surface area contributed by atoms with Crippen molar-refractivity contribution in [3.8, 4) is 0 Å². The van der Waals surface area contributed by atoms with Gasteiger partial charge in [-0.3, -0.25) is 9.78 Å². The molecule has 116 valence electrons. The summed E-state index contributed by atoms with van der Waals surface area (Å²) in [6.45, 7) is 2.12. The Hall–Kier alpha value is -2.68. The molecule has 0 saturated heterocycles. The Kier molecular flexibility index (Phi) is 4.38. The number of aryl methyl sites for hydroxylation is 2. The van der Waals surface area contributed by atoms with Gasteiger partial charge in [0.2, 0.25) is 0 Å². The average molecular weight is 305 g/mol. The first kappa shape index (κ1) is 15.2. The lowest BCUT2D eigenvalue weighted by Crippen LogP contribution is -2.02. The molecule has 3 heteroatoms. The third kappa shape index (κ3) is 3.39. The lowest BCUT2D eigenvalue weighted by Gasteiger charge is -2.12. The van der Waals surface area contributed by atoms with Crippen molar-refractivity contribution in [2.45, 2.75) is 26.2 Å². The topological polar surface area (TPSA) is 50.2 Å². The van der Waals surface area contributed by atoms with Gasteiger partial charge in [-0.05, 0) is 58.9 Å². The molecule has 0 amide bonds. The van der Waals surface area contributed by atoms with Crippen molar-refractivity contribution in [3.63, 3.8) is 0 Å². The van der Waals surface area contributed by atoms with E-state index in [1.807, 2.05) is 12.3 Å². The number of carbonyl (C=O) groups is 1. The summed E-state index contributed by atoms with van der Waals surface area (Å²) in [6, 6.07) is 14.6. The fourth-order valence-corrected chi connectivity index (χ4v) is 2.97. The molecule has 0 spiro atoms. The molecule has 2 aromatic carbocycles. The van der Waals surface area contributed by atoms with Gasteiger partial charge >= 0.3 is 5.97 Å². The van der Waals surface area contributed by atoms with E-state index in [9.17, 15) is 4.79 Å². The van der Waals surface area contributed by atoms with Crippen LogP contribution in [-0.4, -0.2) is 16.1 Å². The summed E-state index contributed by atoms with van der Waals surface area (Å²) in [5.41, 5.74) is 4.67. The van der Waals surface area contributed by atoms with Crippen LogP contribution in [0.4, 0.5) is 0 Å². The zero-order valence-corrected chi connectivity index (χ0v) is 13.1. The number of aliphatic carboxylic acids is 1. The summed E-state index contributed by atoms with van der Waals surface area (Å²) in [4.78, 5) is 15.1. The normalized spacial score (nSPS) is 10.8. The average Bonchev–Trinajstić information content (AvgIpc) is 2.57. The van der Waals surface area contributed by atoms with Crippen molar-refractivity contribution in [1.29, 1.82) is 0 Å². The molecule has 3 aromatic rings. The number of carboxylic acids is 1. The largest absolute Gasteiger partial charge is 0.481 e. The molecular formula is C20H19NO2. The molecular weight excluding hydrogens is 286 g/mol. The van der Waals surface area contributed by atoms with Gasteiger partial charge in [0.05, 0.1) is 0 Å². The van der Waals surface area contributed by atoms with Crippen molar-refractivity contribution in [3.05, 3.63) is 77.1 Å². The number of benzene rings is 2. The van der Waals surface area contributed by atoms with Crippen molar-refractivity contribution in [1.82, 2.24) is 4.98 Å². The first-order valence-electron chi connectivity index (χ1n) is 7.76. The molecule has 0 bridgehead atoms. The number of aromatic nitrogens is 1. The van der Waals surface area contributed by atoms with Gasteiger partial charge < -0.3 is 5.11 Å². The van der Waals surface area contributed by atoms with Crippen LogP contribution in [0, 0.1) is 6.92 Å². The maximum atomic E-state index is 10.8. The summed E-state index contributed by atoms with van der Waals surface area (Å²) >= 11 is 0. The number of fused-ring (bicyclic) bond motifs is 1. The van der Waals surface area contributed by atoms with Gasteiger partial charge in [-0.1, -0.05) is 36.4 Å². The Morgan fingerprint density at radius 1 is 1.00 bits per heavy atom. The van der Waals surface area contributed by atoms with E-state index in [2.05, 4.69) is 48.3 Å². The highest BCUT2D eigenvalue weighted by atomic mass is 16.4. The summed E-state index contributed by atoms with van der Waals surface area (Å²) in [5.74, 6) is -0.770. The molecule has 1 heterocycles. The summed E-state index contributed by atoms with van der Waals surface area (Å²) in [7, 11) is 0. The van der Waals surface area contributed by atoms with Crippen LogP contribution >= 0.6 is 0 Å². The van der Waals surface area contributed by atoms with Gasteiger partial charge in [0.1, 0.15) is 0 Å². The Balaban J connectivity index is 1.97. The SMILES string of the molecule is Cc1ccc(Cc2cnccc2CCC(=O)O)c2ccccc12. The lowest BCUT2D eigenvalue weighted by atomic mass is 9.94. The molecule has 0 aliphatic heterocycles. The molecule has 1 N–H and O–H groups in total. The highest BCUT2D eigenvalue weighted by Gasteiger charge is 2.09. The van der Waals surface area contributed by atoms with Gasteiger partial charge in [0.15, 0.2) is 0 Å². The van der Waals surface area contributed by atoms with Gasteiger partial charge in [-0.25, -0.2) is 0 Å². The van der Waals surface area contributed by atoms with Crippen molar-refractivity contribution in [2.75, 3.05) is 0 Å². The van der Waals surface area contributed by atoms with Crippen LogP contribution < -0.4 is 0 Å². The predicted octanol–water partition coefficient (Wildman–Crippen LogP) is 4.15. The molecule has 0 fully saturated rings. The van der Waals surface area contributed by atoms with Crippen LogP contribution in [0.3, 0.4) is 0 Å². The lowest BCUT2D eigenvalue weighted by molar-refractivity contribution is -0.136. The highest BCUT2D eigenvalue weighted by molar-refractivity contribution is 5.88. The maximum Gasteiger partial charge on any atom is 0.303 e. The van der Waals surface area contributed by atoms with E-state index in [1.54, 1.807) is 6.20 Å². The van der Waals surface area contributed by atoms with Crippen LogP contribution in [0.1, 0.15) is 28.7 Å². The van der Waals surface area contributed by atoms with E-state index < -0.39 is 5.97 Å². The number of rotatable bonds is 5. The first-order valence-corrected chi connectivity index (χ1v) is 7.76. The van der Waals surface area contributed by atoms with Crippen LogP contribution in [0.15, 0.2) is 54.9 Å². The van der Waals surface area contributed by atoms with E-state index in [0.29, 0.717) is 6.42 Å². The molecule has 23 heavy (non-hydrogen) atoms. The fourth-order valence-electron chi connectivity index (χ4n) is 2.97. The Bertz CT molecular complexity index is 855. The van der Waals surface area contributed by atoms with E-state index in [-0.39, 0.29) is 6.42 Å². The monoisotopic (exact) mass is 305 g/mol. The number of carboxylic acid groups (broad SMARTS) is 1. The molecule has 0 saturated carbocycles. The van der Waals surface area contributed by atoms with Gasteiger partial charge in [-0.2, -0.15) is 0 Å². The standard InChI is InChI=1S/C20H19NO2/c1-14-6-7-16(19-5-3-2-4-18(14)19)12-17-13-21-11-10-15(17)8-9-20(22)23/h2-7,10-11,13H,8-9,12H2,1H3,(H,22,23). The van der Waals surface area contributed by atoms with Crippen molar-refractivity contribution in [2.24, 2.45) is 0 Å². The second-order valence-electron chi connectivity index (χ2n) is 5.80. The molecule has 1 aromatic heterocycles. The molecule has 0 aliphatic rings. The van der Waals surface area contributed by atoms with Gasteiger partial charge in [0, 0.05) is 18.8 Å². The molecule has 3 nitrogen and oxygen atoms in total. The third-order valence-corrected chi connectivity index (χ3v) is 4.23. The quantitative estimate of drug-likeness (QED) is 0.770. The fraction of sp³-hybridized carbons (Fsp3) is 0.200. The molecule has 0 unspecified atom stereocenters. The van der Waals surface area contributed by atoms with Crippen LogP contribution in [0.2, 0.25) is 0 Å².